The van der Waals surface area contributed by atoms with Crippen LogP contribution in [0.2, 0.25) is 0 Å². The Balaban J connectivity index is 1.96. The Morgan fingerprint density at radius 2 is 2.18 bits per heavy atom. The van der Waals surface area contributed by atoms with Gasteiger partial charge in [-0.25, -0.2) is 0 Å². The summed E-state index contributed by atoms with van der Waals surface area (Å²) in [5, 5.41) is 0. The summed E-state index contributed by atoms with van der Waals surface area (Å²) < 4.78 is 6.30. The molecule has 2 heteroatoms. The molecule has 2 aliphatic rings. The Hall–Kier alpha value is -1.02. The second kappa shape index (κ2) is 3.74. The van der Waals surface area contributed by atoms with E-state index in [0.717, 1.165) is 30.9 Å². The molecule has 1 heterocycles. The van der Waals surface area contributed by atoms with E-state index >= 15 is 0 Å². The minimum absolute atomic E-state index is 0.0289. The Bertz CT molecular complexity index is 443. The summed E-state index contributed by atoms with van der Waals surface area (Å²) in [6, 6.07) is 6.52. The first-order valence-electron chi connectivity index (χ1n) is 6.63. The standard InChI is InChI=1S/C15H21NO/c1-10-3-4-14-12(7-10)13(16)9-15(17-14)6-5-11(2)8-15/h3-4,7,11,13H,5-6,8-9,16H2,1-2H3/t11?,13-,15?/m1/s1. The van der Waals surface area contributed by atoms with Crippen LogP contribution in [0.1, 0.15) is 49.8 Å². The molecule has 2 unspecified atom stereocenters. The lowest BCUT2D eigenvalue weighted by Gasteiger charge is -2.39. The molecule has 0 aromatic heterocycles. The Kier molecular flexibility index (Phi) is 2.44. The van der Waals surface area contributed by atoms with Crippen molar-refractivity contribution in [3.63, 3.8) is 0 Å². The highest BCUT2D eigenvalue weighted by atomic mass is 16.5. The van der Waals surface area contributed by atoms with Gasteiger partial charge in [-0.2, -0.15) is 0 Å². The lowest BCUT2D eigenvalue weighted by atomic mass is 9.85. The van der Waals surface area contributed by atoms with Gasteiger partial charge in [0.15, 0.2) is 0 Å². The van der Waals surface area contributed by atoms with Gasteiger partial charge in [0, 0.05) is 18.0 Å². The van der Waals surface area contributed by atoms with Crippen LogP contribution in [0.4, 0.5) is 0 Å². The second-order valence-corrected chi connectivity index (χ2v) is 5.98. The lowest BCUT2D eigenvalue weighted by Crippen LogP contribution is -2.40. The molecule has 1 saturated carbocycles. The third-order valence-corrected chi connectivity index (χ3v) is 4.30. The molecule has 1 spiro atoms. The van der Waals surface area contributed by atoms with E-state index in [4.69, 9.17) is 10.5 Å². The van der Waals surface area contributed by atoms with Crippen LogP contribution in [0.5, 0.6) is 5.75 Å². The highest BCUT2D eigenvalue weighted by Gasteiger charge is 2.44. The monoisotopic (exact) mass is 231 g/mol. The molecule has 0 amide bonds. The number of hydrogen-bond donors (Lipinski definition) is 1. The van der Waals surface area contributed by atoms with Crippen LogP contribution in [0, 0.1) is 12.8 Å². The molecule has 0 bridgehead atoms. The van der Waals surface area contributed by atoms with Crippen molar-refractivity contribution in [3.05, 3.63) is 29.3 Å². The highest BCUT2D eigenvalue weighted by Crippen LogP contribution is 2.48. The van der Waals surface area contributed by atoms with Gasteiger partial charge in [0.05, 0.1) is 0 Å². The van der Waals surface area contributed by atoms with E-state index in [1.165, 1.54) is 17.5 Å². The van der Waals surface area contributed by atoms with Crippen LogP contribution in [-0.2, 0) is 0 Å². The third-order valence-electron chi connectivity index (χ3n) is 4.30. The molecule has 0 saturated heterocycles. The number of benzene rings is 1. The maximum Gasteiger partial charge on any atom is 0.124 e. The van der Waals surface area contributed by atoms with Crippen molar-refractivity contribution >= 4 is 0 Å². The van der Waals surface area contributed by atoms with Gasteiger partial charge in [0.25, 0.3) is 0 Å². The van der Waals surface area contributed by atoms with Crippen LogP contribution in [0.15, 0.2) is 18.2 Å². The molecule has 1 fully saturated rings. The maximum absolute atomic E-state index is 6.34. The molecule has 3 atom stereocenters. The minimum Gasteiger partial charge on any atom is -0.487 e. The molecule has 17 heavy (non-hydrogen) atoms. The average molecular weight is 231 g/mol. The van der Waals surface area contributed by atoms with Gasteiger partial charge in [-0.3, -0.25) is 0 Å². The van der Waals surface area contributed by atoms with Gasteiger partial charge >= 0.3 is 0 Å². The summed E-state index contributed by atoms with van der Waals surface area (Å²) in [5.41, 5.74) is 8.82. The zero-order valence-electron chi connectivity index (χ0n) is 10.7. The van der Waals surface area contributed by atoms with Crippen molar-refractivity contribution in [1.82, 2.24) is 0 Å². The van der Waals surface area contributed by atoms with E-state index in [1.54, 1.807) is 0 Å². The molecule has 1 aromatic rings. The normalized spacial score (nSPS) is 35.7. The van der Waals surface area contributed by atoms with Crippen molar-refractivity contribution in [1.29, 1.82) is 0 Å². The van der Waals surface area contributed by atoms with Gasteiger partial charge in [0.1, 0.15) is 11.4 Å². The number of fused-ring (bicyclic) bond motifs is 1. The lowest BCUT2D eigenvalue weighted by molar-refractivity contribution is 0.0393. The molecule has 1 aliphatic heterocycles. The molecule has 1 aliphatic carbocycles. The molecule has 2 N–H and O–H groups in total. The van der Waals surface area contributed by atoms with Crippen molar-refractivity contribution in [2.24, 2.45) is 11.7 Å². The molecule has 3 rings (SSSR count). The fourth-order valence-electron chi connectivity index (χ4n) is 3.46. The van der Waals surface area contributed by atoms with Crippen molar-refractivity contribution in [3.8, 4) is 5.75 Å². The third kappa shape index (κ3) is 1.85. The first kappa shape index (κ1) is 11.1. The summed E-state index contributed by atoms with van der Waals surface area (Å²) in [7, 11) is 0. The topological polar surface area (TPSA) is 35.2 Å². The summed E-state index contributed by atoms with van der Waals surface area (Å²) in [5.74, 6) is 1.79. The number of ether oxygens (including phenoxy) is 1. The quantitative estimate of drug-likeness (QED) is 0.743. The van der Waals surface area contributed by atoms with E-state index in [1.807, 2.05) is 0 Å². The average Bonchev–Trinajstić information content (AvgIpc) is 2.61. The zero-order chi connectivity index (χ0) is 12.0. The summed E-state index contributed by atoms with van der Waals surface area (Å²) in [6.45, 7) is 4.42. The number of aryl methyl sites for hydroxylation is 1. The number of nitrogens with two attached hydrogens (primary N) is 1. The van der Waals surface area contributed by atoms with Crippen LogP contribution < -0.4 is 10.5 Å². The smallest absolute Gasteiger partial charge is 0.124 e. The van der Waals surface area contributed by atoms with Gasteiger partial charge < -0.3 is 10.5 Å². The minimum atomic E-state index is 0.0289. The molecule has 1 aromatic carbocycles. The number of hydrogen-bond acceptors (Lipinski definition) is 2. The fraction of sp³-hybridized carbons (Fsp3) is 0.600. The Labute approximate surface area is 103 Å². The Morgan fingerprint density at radius 1 is 1.35 bits per heavy atom. The van der Waals surface area contributed by atoms with Crippen LogP contribution >= 0.6 is 0 Å². The zero-order valence-corrected chi connectivity index (χ0v) is 10.7. The summed E-state index contributed by atoms with van der Waals surface area (Å²) >= 11 is 0. The molecule has 2 nitrogen and oxygen atoms in total. The van der Waals surface area contributed by atoms with Crippen LogP contribution in [0.3, 0.4) is 0 Å². The van der Waals surface area contributed by atoms with E-state index in [0.29, 0.717) is 0 Å². The summed E-state index contributed by atoms with van der Waals surface area (Å²) in [4.78, 5) is 0. The van der Waals surface area contributed by atoms with E-state index in [-0.39, 0.29) is 11.6 Å². The molecular weight excluding hydrogens is 210 g/mol. The second-order valence-electron chi connectivity index (χ2n) is 5.98. The van der Waals surface area contributed by atoms with Gasteiger partial charge in [-0.15, -0.1) is 0 Å². The van der Waals surface area contributed by atoms with Crippen molar-refractivity contribution in [2.75, 3.05) is 0 Å². The van der Waals surface area contributed by atoms with Crippen molar-refractivity contribution in [2.45, 2.75) is 51.2 Å². The first-order valence-corrected chi connectivity index (χ1v) is 6.63. The highest BCUT2D eigenvalue weighted by molar-refractivity contribution is 5.41. The predicted molar refractivity (Wildman–Crippen MR) is 69.1 cm³/mol. The molecular formula is C15H21NO. The van der Waals surface area contributed by atoms with Crippen LogP contribution in [0.25, 0.3) is 0 Å². The van der Waals surface area contributed by atoms with Gasteiger partial charge in [-0.05, 0) is 38.2 Å². The summed E-state index contributed by atoms with van der Waals surface area (Å²) in [6.07, 6.45) is 4.57. The largest absolute Gasteiger partial charge is 0.487 e. The SMILES string of the molecule is Cc1ccc2c(c1)[C@H](N)CC1(CCC(C)C1)O2. The van der Waals surface area contributed by atoms with E-state index in [9.17, 15) is 0 Å². The molecule has 92 valence electrons. The van der Waals surface area contributed by atoms with Crippen LogP contribution in [-0.4, -0.2) is 5.60 Å². The Morgan fingerprint density at radius 3 is 2.88 bits per heavy atom. The van der Waals surface area contributed by atoms with Gasteiger partial charge in [-0.1, -0.05) is 24.6 Å². The van der Waals surface area contributed by atoms with Crippen molar-refractivity contribution < 1.29 is 4.74 Å². The number of rotatable bonds is 0. The van der Waals surface area contributed by atoms with E-state index < -0.39 is 0 Å². The van der Waals surface area contributed by atoms with Gasteiger partial charge in [0.2, 0.25) is 0 Å². The molecule has 0 radical (unpaired) electrons. The van der Waals surface area contributed by atoms with E-state index in [2.05, 4.69) is 32.0 Å². The fourth-order valence-corrected chi connectivity index (χ4v) is 3.46. The first-order chi connectivity index (χ1) is 8.08. The predicted octanol–water partition coefficient (Wildman–Crippen LogP) is 3.34. The maximum atomic E-state index is 6.34.